The number of anilines is 2. The average Bonchev–Trinajstić information content (AvgIpc) is 2.64. The molecule has 0 saturated carbocycles. The van der Waals surface area contributed by atoms with E-state index in [4.69, 9.17) is 11.5 Å². The lowest BCUT2D eigenvalue weighted by molar-refractivity contribution is -0.237. The number of alkyl halides is 8. The number of nitrogens with two attached hydrogens (primary N) is 2. The summed E-state index contributed by atoms with van der Waals surface area (Å²) in [6, 6.07) is 5.26. The van der Waals surface area contributed by atoms with Gasteiger partial charge < -0.3 is 11.5 Å². The quantitative estimate of drug-likeness (QED) is 0.215. The Bertz CT molecular complexity index is 1060. The van der Waals surface area contributed by atoms with Crippen molar-refractivity contribution >= 4 is 33.0 Å². The number of nitrogen functional groups attached to an aromatic ring is 2. The van der Waals surface area contributed by atoms with E-state index in [1.807, 2.05) is 0 Å². The number of hydrogen-bond acceptors (Lipinski definition) is 3. The Kier molecular flexibility index (Phi) is 8.03. The highest BCUT2D eigenvalue weighted by atomic mass is 32.5. The molecule has 35 heavy (non-hydrogen) atoms. The molecule has 202 valence electrons. The van der Waals surface area contributed by atoms with E-state index < -0.39 is 56.3 Å². The van der Waals surface area contributed by atoms with Gasteiger partial charge in [0.25, 0.3) is 0 Å². The molecule has 0 aliphatic heterocycles. The molecule has 0 bridgehead atoms. The van der Waals surface area contributed by atoms with Crippen LogP contribution >= 0.6 is 21.6 Å². The summed E-state index contributed by atoms with van der Waals surface area (Å²) in [6.45, 7) is 2.75. The molecular weight excluding hydrogens is 548 g/mol. The van der Waals surface area contributed by atoms with E-state index in [1.54, 1.807) is 0 Å². The van der Waals surface area contributed by atoms with E-state index in [0.717, 1.165) is 12.1 Å². The maximum Gasteiger partial charge on any atom is 0.464 e. The number of hydrogen-bond donors (Lipinski definition) is 2. The van der Waals surface area contributed by atoms with E-state index in [-0.39, 0.29) is 16.1 Å². The van der Waals surface area contributed by atoms with Crippen molar-refractivity contribution in [2.24, 2.45) is 0 Å². The van der Waals surface area contributed by atoms with Gasteiger partial charge in [-0.3, -0.25) is 0 Å². The number of halogens is 12. The molecule has 0 unspecified atom stereocenters. The highest BCUT2D eigenvalue weighted by Gasteiger charge is 2.65. The first-order valence-electron chi connectivity index (χ1n) is 9.19. The van der Waals surface area contributed by atoms with E-state index in [1.165, 1.54) is 26.0 Å². The predicted octanol–water partition coefficient (Wildman–Crippen LogP) is 9.13. The molecule has 0 heterocycles. The van der Waals surface area contributed by atoms with Crippen LogP contribution in [-0.2, 0) is 0 Å². The molecule has 16 heteroatoms. The van der Waals surface area contributed by atoms with Crippen molar-refractivity contribution in [3.8, 4) is 0 Å². The standard InChI is InChI=1S/C10H12F7NS.C9H8F5NS/c1-7-6-8(2-3-9(7)18)19(14,15,16,17)5-4-10(11,12)13;1-5-4-6(2-3-7(5)15)16-9(13,14)8(10,11)12/h2-3,6H,4-5,18H2,1H3;2-4H,15H2,1H3. The lowest BCUT2D eigenvalue weighted by Gasteiger charge is -2.50. The molecule has 2 nitrogen and oxygen atoms in total. The van der Waals surface area contributed by atoms with E-state index in [0.29, 0.717) is 23.4 Å². The van der Waals surface area contributed by atoms with Crippen LogP contribution in [0.3, 0.4) is 0 Å². The van der Waals surface area contributed by atoms with Gasteiger partial charge in [0.15, 0.2) is 9.84 Å². The van der Waals surface area contributed by atoms with Gasteiger partial charge in [0.2, 0.25) is 0 Å². The van der Waals surface area contributed by atoms with Crippen molar-refractivity contribution < 1.29 is 50.7 Å². The zero-order valence-electron chi connectivity index (χ0n) is 17.9. The van der Waals surface area contributed by atoms with Gasteiger partial charge >= 0.3 is 17.6 Å². The summed E-state index contributed by atoms with van der Waals surface area (Å²) >= 11 is -0.538. The monoisotopic (exact) mass is 568 g/mol. The molecule has 2 rings (SSSR count). The first-order valence-corrected chi connectivity index (χ1v) is 12.2. The van der Waals surface area contributed by atoms with Gasteiger partial charge in [0.05, 0.1) is 17.1 Å². The van der Waals surface area contributed by atoms with Gasteiger partial charge in [-0.15, -0.1) is 15.5 Å². The van der Waals surface area contributed by atoms with Gasteiger partial charge in [-0.2, -0.15) is 35.1 Å². The smallest absolute Gasteiger partial charge is 0.399 e. The maximum atomic E-state index is 13.6. The minimum atomic E-state index is -8.94. The Labute approximate surface area is 196 Å². The average molecular weight is 568 g/mol. The van der Waals surface area contributed by atoms with Gasteiger partial charge in [0, 0.05) is 16.3 Å². The van der Waals surface area contributed by atoms with Crippen LogP contribution in [0, 0.1) is 13.8 Å². The van der Waals surface area contributed by atoms with E-state index >= 15 is 0 Å². The first kappa shape index (κ1) is 30.9. The fourth-order valence-electron chi connectivity index (χ4n) is 2.29. The molecular formula is C19H20F12N2S2. The third kappa shape index (κ3) is 8.81. The summed E-state index contributed by atoms with van der Waals surface area (Å²) in [5.74, 6) is -2.53. The van der Waals surface area contributed by atoms with Crippen molar-refractivity contribution in [3.63, 3.8) is 0 Å². The Morgan fingerprint density at radius 2 is 1.20 bits per heavy atom. The molecule has 0 aliphatic carbocycles. The molecule has 0 amide bonds. The van der Waals surface area contributed by atoms with Crippen LogP contribution in [0.2, 0.25) is 0 Å². The van der Waals surface area contributed by atoms with Crippen LogP contribution in [-0.4, -0.2) is 23.4 Å². The Morgan fingerprint density at radius 3 is 1.60 bits per heavy atom. The third-order valence-electron chi connectivity index (χ3n) is 4.38. The molecule has 0 spiro atoms. The van der Waals surface area contributed by atoms with Crippen LogP contribution in [0.4, 0.5) is 62.0 Å². The lowest BCUT2D eigenvalue weighted by atomic mass is 10.2. The van der Waals surface area contributed by atoms with Crippen LogP contribution < -0.4 is 11.5 Å². The number of rotatable bonds is 5. The fourth-order valence-corrected chi connectivity index (χ4v) is 4.76. The highest BCUT2D eigenvalue weighted by Crippen LogP contribution is 3.00. The molecule has 4 N–H and O–H groups in total. The third-order valence-corrected chi connectivity index (χ3v) is 7.68. The van der Waals surface area contributed by atoms with E-state index in [9.17, 15) is 50.7 Å². The van der Waals surface area contributed by atoms with Crippen molar-refractivity contribution in [3.05, 3.63) is 47.5 Å². The van der Waals surface area contributed by atoms with E-state index in [2.05, 4.69) is 0 Å². The zero-order valence-corrected chi connectivity index (χ0v) is 19.5. The minimum absolute atomic E-state index is 0.00738. The number of thioether (sulfide) groups is 1. The van der Waals surface area contributed by atoms with Crippen LogP contribution in [0.1, 0.15) is 17.5 Å². The second-order valence-electron chi connectivity index (χ2n) is 7.46. The van der Waals surface area contributed by atoms with Gasteiger partial charge in [-0.25, -0.2) is 0 Å². The highest BCUT2D eigenvalue weighted by molar-refractivity contribution is 8.49. The summed E-state index contributed by atoms with van der Waals surface area (Å²) in [5, 5.41) is -4.80. The van der Waals surface area contributed by atoms with Crippen LogP contribution in [0.15, 0.2) is 46.2 Å². The summed E-state index contributed by atoms with van der Waals surface area (Å²) in [6.07, 6.45) is -12.9. The van der Waals surface area contributed by atoms with Crippen molar-refractivity contribution in [1.29, 1.82) is 0 Å². The van der Waals surface area contributed by atoms with Crippen LogP contribution in [0.5, 0.6) is 0 Å². The number of aryl methyl sites for hydroxylation is 2. The minimum Gasteiger partial charge on any atom is -0.399 e. The van der Waals surface area contributed by atoms with Crippen molar-refractivity contribution in [2.45, 2.75) is 47.7 Å². The van der Waals surface area contributed by atoms with Crippen molar-refractivity contribution in [2.75, 3.05) is 17.2 Å². The van der Waals surface area contributed by atoms with Crippen LogP contribution in [0.25, 0.3) is 0 Å². The summed E-state index contributed by atoms with van der Waals surface area (Å²) < 4.78 is 151. The first-order chi connectivity index (χ1) is 15.3. The largest absolute Gasteiger partial charge is 0.464 e. The lowest BCUT2D eigenvalue weighted by Crippen LogP contribution is -2.32. The summed E-state index contributed by atoms with van der Waals surface area (Å²) in [5.41, 5.74) is 11.5. The normalized spacial score (nSPS) is 15.0. The Hall–Kier alpha value is -2.10. The maximum absolute atomic E-state index is 13.6. The molecule has 0 aromatic heterocycles. The number of benzene rings is 2. The van der Waals surface area contributed by atoms with Gasteiger partial charge in [-0.05, 0) is 73.1 Å². The second kappa shape index (κ2) is 9.09. The summed E-state index contributed by atoms with van der Waals surface area (Å²) in [4.78, 5) is -1.86. The molecule has 0 radical (unpaired) electrons. The Balaban J connectivity index is 0.000000355. The molecule has 0 aliphatic rings. The predicted molar refractivity (Wildman–Crippen MR) is 114 cm³/mol. The molecule has 2 aromatic rings. The summed E-state index contributed by atoms with van der Waals surface area (Å²) in [7, 11) is -8.94. The molecule has 0 fully saturated rings. The van der Waals surface area contributed by atoms with Crippen molar-refractivity contribution in [1.82, 2.24) is 0 Å². The second-order valence-corrected chi connectivity index (χ2v) is 12.0. The zero-order chi connectivity index (χ0) is 27.7. The SMILES string of the molecule is Cc1cc(S(F)(F)(F)(F)CCC(F)(F)F)ccc1N.Cc1cc(SC(F)(F)C(F)(F)F)ccc1N. The topological polar surface area (TPSA) is 52.0 Å². The van der Waals surface area contributed by atoms with Gasteiger partial charge in [0.1, 0.15) is 0 Å². The molecule has 0 atom stereocenters. The molecule has 0 saturated heterocycles. The Morgan fingerprint density at radius 1 is 0.743 bits per heavy atom. The van der Waals surface area contributed by atoms with Gasteiger partial charge in [-0.1, -0.05) is 0 Å². The molecule has 2 aromatic carbocycles. The fraction of sp³-hybridized carbons (Fsp3) is 0.368.